The number of thiophene rings is 1. The van der Waals surface area contributed by atoms with Crippen LogP contribution >= 0.6 is 11.3 Å². The Balaban J connectivity index is 2.28. The molecule has 1 atom stereocenters. The maximum Gasteiger partial charge on any atom is 0.0957 e. The quantitative estimate of drug-likeness (QED) is 0.661. The SMILES string of the molecule is CC(C)(C)C1c2sccc2-c2cncn21. The lowest BCUT2D eigenvalue weighted by atomic mass is 9.86. The predicted molar refractivity (Wildman–Crippen MR) is 63.1 cm³/mol. The van der Waals surface area contributed by atoms with Crippen molar-refractivity contribution >= 4 is 11.3 Å². The lowest BCUT2D eigenvalue weighted by molar-refractivity contribution is 0.296. The molecule has 2 aromatic heterocycles. The van der Waals surface area contributed by atoms with Gasteiger partial charge in [-0.15, -0.1) is 11.3 Å². The van der Waals surface area contributed by atoms with E-state index in [0.717, 1.165) is 0 Å². The van der Waals surface area contributed by atoms with E-state index in [1.54, 1.807) is 0 Å². The van der Waals surface area contributed by atoms with Crippen molar-refractivity contribution in [3.63, 3.8) is 0 Å². The van der Waals surface area contributed by atoms with Crippen LogP contribution in [0.15, 0.2) is 24.0 Å². The first-order valence-electron chi connectivity index (χ1n) is 5.18. The number of nitrogens with zero attached hydrogens (tertiary/aromatic N) is 2. The number of hydrogen-bond donors (Lipinski definition) is 0. The summed E-state index contributed by atoms with van der Waals surface area (Å²) < 4.78 is 2.31. The van der Waals surface area contributed by atoms with Crippen molar-refractivity contribution in [3.8, 4) is 11.3 Å². The van der Waals surface area contributed by atoms with E-state index in [1.165, 1.54) is 16.1 Å². The Kier molecular flexibility index (Phi) is 1.67. The predicted octanol–water partition coefficient (Wildman–Crippen LogP) is 3.56. The molecule has 0 radical (unpaired) electrons. The molecule has 1 aliphatic heterocycles. The lowest BCUT2D eigenvalue weighted by Gasteiger charge is -2.28. The van der Waals surface area contributed by atoms with Gasteiger partial charge in [-0.25, -0.2) is 4.98 Å². The molecule has 3 heteroatoms. The van der Waals surface area contributed by atoms with Crippen LogP contribution in [0.25, 0.3) is 11.3 Å². The topological polar surface area (TPSA) is 17.8 Å². The maximum atomic E-state index is 4.25. The molecule has 1 unspecified atom stereocenters. The fourth-order valence-electron chi connectivity index (χ4n) is 2.40. The summed E-state index contributed by atoms with van der Waals surface area (Å²) >= 11 is 1.86. The average Bonchev–Trinajstić information content (AvgIpc) is 2.67. The number of imidazole rings is 1. The van der Waals surface area contributed by atoms with E-state index in [1.807, 2.05) is 23.9 Å². The zero-order valence-corrected chi connectivity index (χ0v) is 10.0. The van der Waals surface area contributed by atoms with Crippen LogP contribution in [0.3, 0.4) is 0 Å². The monoisotopic (exact) mass is 218 g/mol. The molecule has 2 nitrogen and oxygen atoms in total. The largest absolute Gasteiger partial charge is 0.322 e. The molecule has 0 amide bonds. The summed E-state index contributed by atoms with van der Waals surface area (Å²) in [7, 11) is 0. The van der Waals surface area contributed by atoms with Gasteiger partial charge in [-0.3, -0.25) is 0 Å². The molecule has 0 bridgehead atoms. The van der Waals surface area contributed by atoms with E-state index in [4.69, 9.17) is 0 Å². The highest BCUT2D eigenvalue weighted by atomic mass is 32.1. The van der Waals surface area contributed by atoms with Gasteiger partial charge >= 0.3 is 0 Å². The zero-order valence-electron chi connectivity index (χ0n) is 9.19. The molecular weight excluding hydrogens is 204 g/mol. The summed E-state index contributed by atoms with van der Waals surface area (Å²) in [4.78, 5) is 5.74. The molecule has 0 N–H and O–H groups in total. The van der Waals surface area contributed by atoms with E-state index < -0.39 is 0 Å². The molecule has 0 saturated carbocycles. The number of aromatic nitrogens is 2. The first-order chi connectivity index (χ1) is 7.09. The zero-order chi connectivity index (χ0) is 10.6. The minimum absolute atomic E-state index is 0.242. The van der Waals surface area contributed by atoms with Gasteiger partial charge in [-0.1, -0.05) is 20.8 Å². The summed E-state index contributed by atoms with van der Waals surface area (Å²) in [5.74, 6) is 0. The Labute approximate surface area is 93.6 Å². The molecule has 2 aromatic rings. The Morgan fingerprint density at radius 2 is 2.20 bits per heavy atom. The summed E-state index contributed by atoms with van der Waals surface area (Å²) in [6.45, 7) is 6.86. The summed E-state index contributed by atoms with van der Waals surface area (Å²) in [5, 5.41) is 2.18. The number of fused-ring (bicyclic) bond motifs is 3. The van der Waals surface area contributed by atoms with Gasteiger partial charge in [0.15, 0.2) is 0 Å². The first kappa shape index (κ1) is 9.16. The van der Waals surface area contributed by atoms with E-state index in [-0.39, 0.29) is 5.41 Å². The van der Waals surface area contributed by atoms with Crippen molar-refractivity contribution in [2.24, 2.45) is 5.41 Å². The van der Waals surface area contributed by atoms with Crippen LogP contribution in [-0.2, 0) is 0 Å². The van der Waals surface area contributed by atoms with Crippen molar-refractivity contribution in [1.82, 2.24) is 9.55 Å². The summed E-state index contributed by atoms with van der Waals surface area (Å²) in [6.07, 6.45) is 3.93. The number of hydrogen-bond acceptors (Lipinski definition) is 2. The van der Waals surface area contributed by atoms with E-state index in [9.17, 15) is 0 Å². The molecule has 0 saturated heterocycles. The highest BCUT2D eigenvalue weighted by Crippen LogP contribution is 2.49. The van der Waals surface area contributed by atoms with E-state index >= 15 is 0 Å². The maximum absolute atomic E-state index is 4.25. The Hall–Kier alpha value is -1.09. The molecular formula is C12H14N2S. The molecule has 0 aromatic carbocycles. The average molecular weight is 218 g/mol. The lowest BCUT2D eigenvalue weighted by Crippen LogP contribution is -2.21. The highest BCUT2D eigenvalue weighted by Gasteiger charge is 2.37. The molecule has 1 aliphatic rings. The molecule has 0 aliphatic carbocycles. The summed E-state index contributed by atoms with van der Waals surface area (Å²) in [6, 6.07) is 2.66. The Morgan fingerprint density at radius 1 is 1.40 bits per heavy atom. The van der Waals surface area contributed by atoms with Gasteiger partial charge in [0.1, 0.15) is 0 Å². The van der Waals surface area contributed by atoms with Gasteiger partial charge in [0, 0.05) is 10.4 Å². The van der Waals surface area contributed by atoms with Crippen molar-refractivity contribution in [2.75, 3.05) is 0 Å². The van der Waals surface area contributed by atoms with Crippen LogP contribution in [0.5, 0.6) is 0 Å². The van der Waals surface area contributed by atoms with E-state index in [2.05, 4.69) is 41.8 Å². The van der Waals surface area contributed by atoms with Crippen LogP contribution in [-0.4, -0.2) is 9.55 Å². The van der Waals surface area contributed by atoms with Crippen molar-refractivity contribution in [2.45, 2.75) is 26.8 Å². The van der Waals surface area contributed by atoms with Crippen LogP contribution < -0.4 is 0 Å². The van der Waals surface area contributed by atoms with Crippen molar-refractivity contribution < 1.29 is 0 Å². The second-order valence-electron chi connectivity index (χ2n) is 5.15. The minimum Gasteiger partial charge on any atom is -0.322 e. The second-order valence-corrected chi connectivity index (χ2v) is 6.10. The number of rotatable bonds is 0. The normalized spacial score (nSPS) is 19.0. The third-order valence-electron chi connectivity index (χ3n) is 2.98. The van der Waals surface area contributed by atoms with Crippen LogP contribution in [0, 0.1) is 5.41 Å². The van der Waals surface area contributed by atoms with Crippen LogP contribution in [0.4, 0.5) is 0 Å². The van der Waals surface area contributed by atoms with Crippen molar-refractivity contribution in [3.05, 3.63) is 28.8 Å². The molecule has 3 rings (SSSR count). The standard InChI is InChI=1S/C12H14N2S/c1-12(2,3)11-10-8(4-5-15-10)9-6-13-7-14(9)11/h4-7,11H,1-3H3. The van der Waals surface area contributed by atoms with Gasteiger partial charge in [-0.05, 0) is 16.9 Å². The molecule has 78 valence electrons. The second kappa shape index (κ2) is 2.73. The van der Waals surface area contributed by atoms with E-state index in [0.29, 0.717) is 6.04 Å². The van der Waals surface area contributed by atoms with Gasteiger partial charge in [0.25, 0.3) is 0 Å². The third kappa shape index (κ3) is 1.13. The van der Waals surface area contributed by atoms with Crippen LogP contribution in [0.1, 0.15) is 31.7 Å². The molecule has 0 spiro atoms. The van der Waals surface area contributed by atoms with Gasteiger partial charge in [0.2, 0.25) is 0 Å². The van der Waals surface area contributed by atoms with Crippen LogP contribution in [0.2, 0.25) is 0 Å². The Morgan fingerprint density at radius 3 is 2.93 bits per heavy atom. The van der Waals surface area contributed by atoms with Gasteiger partial charge < -0.3 is 4.57 Å². The fraction of sp³-hybridized carbons (Fsp3) is 0.417. The van der Waals surface area contributed by atoms with Gasteiger partial charge in [-0.2, -0.15) is 0 Å². The minimum atomic E-state index is 0.242. The Bertz CT molecular complexity index is 461. The third-order valence-corrected chi connectivity index (χ3v) is 3.95. The van der Waals surface area contributed by atoms with Crippen molar-refractivity contribution in [1.29, 1.82) is 0 Å². The molecule has 15 heavy (non-hydrogen) atoms. The smallest absolute Gasteiger partial charge is 0.0957 e. The molecule has 3 heterocycles. The highest BCUT2D eigenvalue weighted by molar-refractivity contribution is 7.10. The first-order valence-corrected chi connectivity index (χ1v) is 6.06. The molecule has 0 fully saturated rings. The summed E-state index contributed by atoms with van der Waals surface area (Å²) in [5.41, 5.74) is 2.88. The van der Waals surface area contributed by atoms with Gasteiger partial charge in [0.05, 0.1) is 24.3 Å². The fourth-order valence-corrected chi connectivity index (χ4v) is 3.65.